The lowest BCUT2D eigenvalue weighted by Gasteiger charge is -2.20. The lowest BCUT2D eigenvalue weighted by atomic mass is 10.0. The molecule has 9 heteroatoms. The summed E-state index contributed by atoms with van der Waals surface area (Å²) in [6.07, 6.45) is 3.51. The lowest BCUT2D eigenvalue weighted by Crippen LogP contribution is -2.48. The third kappa shape index (κ3) is 8.22. The quantitative estimate of drug-likeness (QED) is 0.226. The van der Waals surface area contributed by atoms with Gasteiger partial charge in [-0.2, -0.15) is 5.10 Å². The summed E-state index contributed by atoms with van der Waals surface area (Å²) in [4.78, 5) is 25.3. The Labute approximate surface area is 210 Å². The van der Waals surface area contributed by atoms with Crippen molar-refractivity contribution in [3.63, 3.8) is 0 Å². The Morgan fingerprint density at radius 2 is 1.79 bits per heavy atom. The second-order valence-electron chi connectivity index (χ2n) is 7.90. The fourth-order valence-electron chi connectivity index (χ4n) is 2.96. The molecule has 2 N–H and O–H groups in total. The first-order chi connectivity index (χ1) is 16.3. The highest BCUT2D eigenvalue weighted by Crippen LogP contribution is 2.28. The number of nitrogens with zero attached hydrogens (tertiary/aromatic N) is 1. The predicted molar refractivity (Wildman–Crippen MR) is 136 cm³/mol. The summed E-state index contributed by atoms with van der Waals surface area (Å²) >= 11 is 11.9. The number of rotatable bonds is 12. The molecule has 1 unspecified atom stereocenters. The van der Waals surface area contributed by atoms with Crippen LogP contribution in [0.4, 0.5) is 0 Å². The highest BCUT2D eigenvalue weighted by atomic mass is 35.5. The zero-order valence-corrected chi connectivity index (χ0v) is 21.4. The molecule has 2 aromatic carbocycles. The standard InChI is InChI=1S/C25H31Cl2N3O4/c1-5-7-12-34-21-11-8-17(13-22(21)33-6-2)15-28-30-25(32)23(16(3)4)29-24(31)18-9-10-19(26)20(27)14-18/h8-11,13-16,23H,5-7,12H2,1-4H3,(H,29,31)(H,30,32). The summed E-state index contributed by atoms with van der Waals surface area (Å²) in [5.41, 5.74) is 3.53. The third-order valence-corrected chi connectivity index (χ3v) is 5.57. The van der Waals surface area contributed by atoms with E-state index in [2.05, 4.69) is 22.8 Å². The van der Waals surface area contributed by atoms with Crippen molar-refractivity contribution in [2.45, 2.75) is 46.6 Å². The van der Waals surface area contributed by atoms with E-state index in [1.165, 1.54) is 18.3 Å². The lowest BCUT2D eigenvalue weighted by molar-refractivity contribution is -0.123. The topological polar surface area (TPSA) is 89.0 Å². The Kier molecular flexibility index (Phi) is 11.2. The molecule has 184 valence electrons. The van der Waals surface area contributed by atoms with Gasteiger partial charge < -0.3 is 14.8 Å². The van der Waals surface area contributed by atoms with Crippen LogP contribution in [0.15, 0.2) is 41.5 Å². The Bertz CT molecular complexity index is 1010. The molecule has 0 radical (unpaired) electrons. The van der Waals surface area contributed by atoms with Crippen LogP contribution in [0.25, 0.3) is 0 Å². The number of carbonyl (C=O) groups excluding carboxylic acids is 2. The van der Waals surface area contributed by atoms with Gasteiger partial charge in [-0.15, -0.1) is 0 Å². The summed E-state index contributed by atoms with van der Waals surface area (Å²) in [7, 11) is 0. The van der Waals surface area contributed by atoms with Crippen LogP contribution in [0.2, 0.25) is 10.0 Å². The minimum atomic E-state index is -0.799. The van der Waals surface area contributed by atoms with Gasteiger partial charge >= 0.3 is 0 Å². The van der Waals surface area contributed by atoms with Crippen LogP contribution < -0.4 is 20.2 Å². The number of unbranched alkanes of at least 4 members (excludes halogenated alkanes) is 1. The summed E-state index contributed by atoms with van der Waals surface area (Å²) in [5.74, 6) is 0.232. The second kappa shape index (κ2) is 13.8. The minimum absolute atomic E-state index is 0.175. The molecule has 0 aromatic heterocycles. The van der Waals surface area contributed by atoms with Crippen molar-refractivity contribution in [2.75, 3.05) is 13.2 Å². The number of amides is 2. The smallest absolute Gasteiger partial charge is 0.262 e. The van der Waals surface area contributed by atoms with E-state index in [4.69, 9.17) is 32.7 Å². The molecular formula is C25H31Cl2N3O4. The first-order valence-electron chi connectivity index (χ1n) is 11.2. The molecule has 7 nitrogen and oxygen atoms in total. The van der Waals surface area contributed by atoms with Gasteiger partial charge in [-0.3, -0.25) is 9.59 Å². The van der Waals surface area contributed by atoms with Gasteiger partial charge in [-0.25, -0.2) is 5.43 Å². The van der Waals surface area contributed by atoms with Gasteiger partial charge in [0, 0.05) is 5.56 Å². The van der Waals surface area contributed by atoms with E-state index in [9.17, 15) is 9.59 Å². The Morgan fingerprint density at radius 1 is 1.03 bits per heavy atom. The molecule has 0 bridgehead atoms. The van der Waals surface area contributed by atoms with Crippen LogP contribution in [0, 0.1) is 5.92 Å². The maximum absolute atomic E-state index is 12.7. The average Bonchev–Trinajstić information content (AvgIpc) is 2.80. The van der Waals surface area contributed by atoms with E-state index in [1.807, 2.05) is 32.9 Å². The van der Waals surface area contributed by atoms with Gasteiger partial charge in [0.25, 0.3) is 11.8 Å². The maximum Gasteiger partial charge on any atom is 0.262 e. The molecule has 0 saturated carbocycles. The Morgan fingerprint density at radius 3 is 2.44 bits per heavy atom. The minimum Gasteiger partial charge on any atom is -0.490 e. The van der Waals surface area contributed by atoms with Crippen molar-refractivity contribution in [2.24, 2.45) is 11.0 Å². The van der Waals surface area contributed by atoms with E-state index in [1.54, 1.807) is 12.1 Å². The van der Waals surface area contributed by atoms with Crippen LogP contribution in [-0.2, 0) is 4.79 Å². The van der Waals surface area contributed by atoms with Crippen LogP contribution in [0.5, 0.6) is 11.5 Å². The normalized spacial score (nSPS) is 12.0. The first kappa shape index (κ1) is 27.5. The van der Waals surface area contributed by atoms with Gasteiger partial charge in [0.15, 0.2) is 11.5 Å². The first-order valence-corrected chi connectivity index (χ1v) is 12.0. The molecule has 0 aliphatic heterocycles. The molecule has 0 spiro atoms. The molecule has 0 aliphatic carbocycles. The van der Waals surface area contributed by atoms with Crippen molar-refractivity contribution >= 4 is 41.2 Å². The molecular weight excluding hydrogens is 477 g/mol. The molecule has 2 rings (SSSR count). The Balaban J connectivity index is 2.04. The van der Waals surface area contributed by atoms with Crippen molar-refractivity contribution in [3.8, 4) is 11.5 Å². The number of hydrogen-bond acceptors (Lipinski definition) is 5. The zero-order chi connectivity index (χ0) is 25.1. The largest absolute Gasteiger partial charge is 0.490 e. The van der Waals surface area contributed by atoms with Gasteiger partial charge in [0.05, 0.1) is 29.5 Å². The van der Waals surface area contributed by atoms with E-state index >= 15 is 0 Å². The molecule has 0 saturated heterocycles. The predicted octanol–water partition coefficient (Wildman–Crippen LogP) is 5.48. The van der Waals surface area contributed by atoms with Crippen LogP contribution in [-0.4, -0.2) is 37.3 Å². The van der Waals surface area contributed by atoms with Gasteiger partial charge in [-0.05, 0) is 61.2 Å². The fraction of sp³-hybridized carbons (Fsp3) is 0.400. The van der Waals surface area contributed by atoms with Crippen LogP contribution in [0.1, 0.15) is 56.5 Å². The highest BCUT2D eigenvalue weighted by molar-refractivity contribution is 6.42. The molecule has 2 amide bonds. The molecule has 0 heterocycles. The van der Waals surface area contributed by atoms with E-state index in [-0.39, 0.29) is 10.9 Å². The monoisotopic (exact) mass is 507 g/mol. The maximum atomic E-state index is 12.7. The number of hydrogen-bond donors (Lipinski definition) is 2. The number of halogens is 2. The number of nitrogens with one attached hydrogen (secondary N) is 2. The number of benzene rings is 2. The van der Waals surface area contributed by atoms with Crippen molar-refractivity contribution in [1.82, 2.24) is 10.7 Å². The van der Waals surface area contributed by atoms with Crippen LogP contribution in [0.3, 0.4) is 0 Å². The number of ether oxygens (including phenoxy) is 2. The fourth-order valence-corrected chi connectivity index (χ4v) is 3.25. The average molecular weight is 508 g/mol. The summed E-state index contributed by atoms with van der Waals surface area (Å²) in [5, 5.41) is 7.38. The summed E-state index contributed by atoms with van der Waals surface area (Å²) in [6, 6.07) is 9.17. The van der Waals surface area contributed by atoms with Gasteiger partial charge in [0.1, 0.15) is 6.04 Å². The second-order valence-corrected chi connectivity index (χ2v) is 8.71. The SMILES string of the molecule is CCCCOc1ccc(C=NNC(=O)C(NC(=O)c2ccc(Cl)c(Cl)c2)C(C)C)cc1OCC. The summed E-state index contributed by atoms with van der Waals surface area (Å²) < 4.78 is 11.4. The molecule has 34 heavy (non-hydrogen) atoms. The van der Waals surface area contributed by atoms with Gasteiger partial charge in [-0.1, -0.05) is 50.4 Å². The van der Waals surface area contributed by atoms with E-state index in [0.717, 1.165) is 18.4 Å². The molecule has 0 fully saturated rings. The van der Waals surface area contributed by atoms with Crippen molar-refractivity contribution < 1.29 is 19.1 Å². The van der Waals surface area contributed by atoms with Crippen molar-refractivity contribution in [3.05, 3.63) is 57.6 Å². The number of hydrazone groups is 1. The molecule has 1 atom stereocenters. The van der Waals surface area contributed by atoms with E-state index < -0.39 is 17.9 Å². The number of carbonyl (C=O) groups is 2. The summed E-state index contributed by atoms with van der Waals surface area (Å²) in [6.45, 7) is 8.77. The van der Waals surface area contributed by atoms with E-state index in [0.29, 0.717) is 35.3 Å². The van der Waals surface area contributed by atoms with Crippen LogP contribution >= 0.6 is 23.2 Å². The third-order valence-electron chi connectivity index (χ3n) is 4.83. The zero-order valence-electron chi connectivity index (χ0n) is 19.9. The Hall–Kier alpha value is -2.77. The van der Waals surface area contributed by atoms with Gasteiger partial charge in [0.2, 0.25) is 0 Å². The molecule has 2 aromatic rings. The van der Waals surface area contributed by atoms with Crippen molar-refractivity contribution in [1.29, 1.82) is 0 Å². The molecule has 0 aliphatic rings. The highest BCUT2D eigenvalue weighted by Gasteiger charge is 2.24.